The van der Waals surface area contributed by atoms with Crippen LogP contribution in [0.25, 0.3) is 5.57 Å². The molecule has 2 aromatic rings. The van der Waals surface area contributed by atoms with Crippen molar-refractivity contribution in [2.75, 3.05) is 11.9 Å². The zero-order valence-corrected chi connectivity index (χ0v) is 13.6. The molecule has 0 aromatic heterocycles. The fraction of sp³-hybridized carbons (Fsp3) is 0.111. The zero-order chi connectivity index (χ0) is 17.3. The second kappa shape index (κ2) is 6.45. The van der Waals surface area contributed by atoms with E-state index < -0.39 is 5.91 Å². The zero-order valence-electron chi connectivity index (χ0n) is 12.8. The normalized spacial score (nSPS) is 14.5. The highest BCUT2D eigenvalue weighted by atomic mass is 35.5. The highest BCUT2D eigenvalue weighted by molar-refractivity contribution is 6.36. The van der Waals surface area contributed by atoms with Gasteiger partial charge in [0.15, 0.2) is 0 Å². The standard InChI is InChI=1S/C18H14ClFN2O2/c1-2-22-17(23)15(11-3-5-12(19)6-4-11)16(18(22)24)21-14-9-7-13(20)8-10-14/h3-10,21H,2H2,1H3. The number of carbonyl (C=O) groups excluding carboxylic acids is 2. The topological polar surface area (TPSA) is 49.4 Å². The molecule has 2 amide bonds. The van der Waals surface area contributed by atoms with E-state index in [1.165, 1.54) is 24.3 Å². The van der Waals surface area contributed by atoms with Crippen LogP contribution in [-0.2, 0) is 9.59 Å². The number of hydrogen-bond donors (Lipinski definition) is 1. The van der Waals surface area contributed by atoms with Crippen LogP contribution in [0.2, 0.25) is 5.02 Å². The third-order valence-corrected chi connectivity index (χ3v) is 3.98. The Balaban J connectivity index is 2.07. The third-order valence-electron chi connectivity index (χ3n) is 3.73. The lowest BCUT2D eigenvalue weighted by atomic mass is 10.0. The molecule has 0 spiro atoms. The molecule has 0 aliphatic carbocycles. The van der Waals surface area contributed by atoms with Crippen LogP contribution in [0, 0.1) is 5.82 Å². The van der Waals surface area contributed by atoms with Gasteiger partial charge < -0.3 is 5.32 Å². The molecule has 3 rings (SSSR count). The van der Waals surface area contributed by atoms with E-state index in [0.717, 1.165) is 4.90 Å². The SMILES string of the molecule is CCN1C(=O)C(Nc2ccc(F)cc2)=C(c2ccc(Cl)cc2)C1=O. The maximum atomic E-state index is 13.1. The van der Waals surface area contributed by atoms with Crippen LogP contribution in [-0.4, -0.2) is 23.3 Å². The molecule has 0 fully saturated rings. The van der Waals surface area contributed by atoms with Gasteiger partial charge in [-0.2, -0.15) is 0 Å². The summed E-state index contributed by atoms with van der Waals surface area (Å²) in [6.45, 7) is 2.00. The second-order valence-electron chi connectivity index (χ2n) is 5.24. The highest BCUT2D eigenvalue weighted by Gasteiger charge is 2.38. The Morgan fingerprint density at radius 3 is 2.21 bits per heavy atom. The predicted molar refractivity (Wildman–Crippen MR) is 90.8 cm³/mol. The molecule has 0 unspecified atom stereocenters. The van der Waals surface area contributed by atoms with Crippen molar-refractivity contribution in [2.45, 2.75) is 6.92 Å². The van der Waals surface area contributed by atoms with E-state index in [2.05, 4.69) is 5.32 Å². The van der Waals surface area contributed by atoms with E-state index in [0.29, 0.717) is 16.3 Å². The average Bonchev–Trinajstić information content (AvgIpc) is 2.81. The number of hydrogen-bond acceptors (Lipinski definition) is 3. The summed E-state index contributed by atoms with van der Waals surface area (Å²) >= 11 is 5.89. The smallest absolute Gasteiger partial charge is 0.278 e. The van der Waals surface area contributed by atoms with Crippen molar-refractivity contribution in [3.63, 3.8) is 0 Å². The minimum absolute atomic E-state index is 0.177. The highest BCUT2D eigenvalue weighted by Crippen LogP contribution is 2.30. The summed E-state index contributed by atoms with van der Waals surface area (Å²) in [4.78, 5) is 26.3. The Morgan fingerprint density at radius 2 is 1.62 bits per heavy atom. The van der Waals surface area contributed by atoms with Crippen LogP contribution in [0.5, 0.6) is 0 Å². The van der Waals surface area contributed by atoms with Gasteiger partial charge in [-0.15, -0.1) is 0 Å². The first-order valence-corrected chi connectivity index (χ1v) is 7.78. The molecular formula is C18H14ClFN2O2. The van der Waals surface area contributed by atoms with Crippen molar-refractivity contribution in [2.24, 2.45) is 0 Å². The Labute approximate surface area is 143 Å². The number of halogens is 2. The first-order chi connectivity index (χ1) is 11.5. The Morgan fingerprint density at radius 1 is 1.00 bits per heavy atom. The molecule has 1 N–H and O–H groups in total. The van der Waals surface area contributed by atoms with E-state index >= 15 is 0 Å². The maximum absolute atomic E-state index is 13.1. The summed E-state index contributed by atoms with van der Waals surface area (Å²) in [5.74, 6) is -1.15. The van der Waals surface area contributed by atoms with E-state index in [9.17, 15) is 14.0 Å². The van der Waals surface area contributed by atoms with Crippen LogP contribution < -0.4 is 5.32 Å². The summed E-state index contributed by atoms with van der Waals surface area (Å²) in [6.07, 6.45) is 0. The van der Waals surface area contributed by atoms with Crippen LogP contribution >= 0.6 is 11.6 Å². The summed E-state index contributed by atoms with van der Waals surface area (Å²) in [5, 5.41) is 3.48. The average molecular weight is 345 g/mol. The van der Waals surface area contributed by atoms with Gasteiger partial charge in [0.05, 0.1) is 5.57 Å². The van der Waals surface area contributed by atoms with Crippen LogP contribution in [0.4, 0.5) is 10.1 Å². The molecule has 2 aromatic carbocycles. The molecule has 1 aliphatic rings. The maximum Gasteiger partial charge on any atom is 0.278 e. The predicted octanol–water partition coefficient (Wildman–Crippen LogP) is 3.69. The fourth-order valence-electron chi connectivity index (χ4n) is 2.54. The molecule has 1 aliphatic heterocycles. The number of amides is 2. The second-order valence-corrected chi connectivity index (χ2v) is 5.68. The number of nitrogens with zero attached hydrogens (tertiary/aromatic N) is 1. The lowest BCUT2D eigenvalue weighted by Crippen LogP contribution is -2.32. The Hall–Kier alpha value is -2.66. The molecule has 0 saturated heterocycles. The molecule has 0 saturated carbocycles. The molecule has 6 heteroatoms. The molecule has 122 valence electrons. The molecule has 0 radical (unpaired) electrons. The fourth-order valence-corrected chi connectivity index (χ4v) is 2.67. The first-order valence-electron chi connectivity index (χ1n) is 7.40. The van der Waals surface area contributed by atoms with E-state index in [4.69, 9.17) is 11.6 Å². The van der Waals surface area contributed by atoms with E-state index in [1.807, 2.05) is 0 Å². The molecule has 0 atom stereocenters. The summed E-state index contributed by atoms with van der Waals surface area (Å²) in [7, 11) is 0. The molecule has 1 heterocycles. The molecule has 0 bridgehead atoms. The van der Waals surface area contributed by atoms with Crippen molar-refractivity contribution in [3.05, 3.63) is 70.6 Å². The molecule has 24 heavy (non-hydrogen) atoms. The minimum atomic E-state index is -0.406. The third kappa shape index (κ3) is 2.90. The van der Waals surface area contributed by atoms with Crippen LogP contribution in [0.1, 0.15) is 12.5 Å². The van der Waals surface area contributed by atoms with Gasteiger partial charge in [-0.05, 0) is 48.9 Å². The molecule has 4 nitrogen and oxygen atoms in total. The first kappa shape index (κ1) is 16.2. The number of nitrogens with one attached hydrogen (secondary N) is 1. The van der Waals surface area contributed by atoms with Crippen molar-refractivity contribution < 1.29 is 14.0 Å². The lowest BCUT2D eigenvalue weighted by Gasteiger charge is -2.12. The van der Waals surface area contributed by atoms with E-state index in [-0.39, 0.29) is 29.5 Å². The van der Waals surface area contributed by atoms with Gasteiger partial charge in [0.25, 0.3) is 11.8 Å². The number of likely N-dealkylation sites (N-methyl/N-ethyl adjacent to an activating group) is 1. The van der Waals surface area contributed by atoms with Crippen molar-refractivity contribution >= 4 is 34.7 Å². The van der Waals surface area contributed by atoms with Gasteiger partial charge in [-0.3, -0.25) is 14.5 Å². The van der Waals surface area contributed by atoms with Gasteiger partial charge in [-0.1, -0.05) is 23.7 Å². The van der Waals surface area contributed by atoms with Gasteiger partial charge in [0.1, 0.15) is 11.5 Å². The van der Waals surface area contributed by atoms with Crippen molar-refractivity contribution in [3.8, 4) is 0 Å². The lowest BCUT2D eigenvalue weighted by molar-refractivity contribution is -0.136. The summed E-state index contributed by atoms with van der Waals surface area (Å²) in [6, 6.07) is 12.3. The minimum Gasteiger partial charge on any atom is -0.350 e. The van der Waals surface area contributed by atoms with Gasteiger partial charge in [-0.25, -0.2) is 4.39 Å². The van der Waals surface area contributed by atoms with E-state index in [1.54, 1.807) is 31.2 Å². The van der Waals surface area contributed by atoms with Crippen molar-refractivity contribution in [1.29, 1.82) is 0 Å². The monoisotopic (exact) mass is 344 g/mol. The van der Waals surface area contributed by atoms with Gasteiger partial charge >= 0.3 is 0 Å². The van der Waals surface area contributed by atoms with Crippen molar-refractivity contribution in [1.82, 2.24) is 4.90 Å². The van der Waals surface area contributed by atoms with Crippen LogP contribution in [0.15, 0.2) is 54.2 Å². The number of carbonyl (C=O) groups is 2. The Kier molecular flexibility index (Phi) is 4.36. The molecular weight excluding hydrogens is 331 g/mol. The largest absolute Gasteiger partial charge is 0.350 e. The number of benzene rings is 2. The number of imide groups is 1. The summed E-state index contributed by atoms with van der Waals surface area (Å²) < 4.78 is 13.1. The number of anilines is 1. The van der Waals surface area contributed by atoms with Gasteiger partial charge in [0.2, 0.25) is 0 Å². The number of rotatable bonds is 4. The van der Waals surface area contributed by atoms with Crippen LogP contribution in [0.3, 0.4) is 0 Å². The quantitative estimate of drug-likeness (QED) is 0.860. The van der Waals surface area contributed by atoms with Gasteiger partial charge in [0, 0.05) is 17.3 Å². The Bertz CT molecular complexity index is 829. The summed E-state index contributed by atoms with van der Waals surface area (Å²) in [5.41, 5.74) is 1.58.